The molecule has 0 atom stereocenters. The van der Waals surface area contributed by atoms with Crippen molar-refractivity contribution in [3.8, 4) is 34.5 Å². The number of ether oxygens (including phenoxy) is 1. The van der Waals surface area contributed by atoms with Crippen molar-refractivity contribution in [1.82, 2.24) is 19.1 Å². The van der Waals surface area contributed by atoms with Crippen LogP contribution in [0.4, 0.5) is 10.1 Å². The third kappa shape index (κ3) is 6.36. The molecule has 0 aliphatic rings. The lowest BCUT2D eigenvalue weighted by atomic mass is 10.1. The second-order valence-corrected chi connectivity index (χ2v) is 10.7. The average molecular weight is 625 g/mol. The largest absolute Gasteiger partial charge is 0.489 e. The molecule has 6 rings (SSSR count). The third-order valence-electron chi connectivity index (χ3n) is 7.70. The number of hydrogen-bond donors (Lipinski definition) is 1. The molecule has 0 aliphatic heterocycles. The summed E-state index contributed by atoms with van der Waals surface area (Å²) in [6.07, 6.45) is 3.18. The number of halogens is 1. The number of benzene rings is 4. The molecule has 0 unspecified atom stereocenters. The number of nitrogens with one attached hydrogen (secondary N) is 1. The number of nitriles is 1. The van der Waals surface area contributed by atoms with Gasteiger partial charge in [0.2, 0.25) is 0 Å². The van der Waals surface area contributed by atoms with Crippen LogP contribution in [-0.4, -0.2) is 25.1 Å². The zero-order valence-electron chi connectivity index (χ0n) is 25.6. The summed E-state index contributed by atoms with van der Waals surface area (Å²) in [5.74, 6) is -0.532. The minimum absolute atomic E-state index is 0.0700. The molecule has 0 bridgehead atoms. The lowest BCUT2D eigenvalue weighted by Gasteiger charge is -2.08. The van der Waals surface area contributed by atoms with Gasteiger partial charge in [0.25, 0.3) is 11.5 Å². The Labute approximate surface area is 270 Å². The van der Waals surface area contributed by atoms with Gasteiger partial charge in [-0.2, -0.15) is 10.4 Å². The summed E-state index contributed by atoms with van der Waals surface area (Å²) < 4.78 is 24.6. The van der Waals surface area contributed by atoms with E-state index in [-0.39, 0.29) is 23.7 Å². The Morgan fingerprint density at radius 1 is 0.936 bits per heavy atom. The van der Waals surface area contributed by atoms with Crippen LogP contribution in [0.1, 0.15) is 16.8 Å². The minimum atomic E-state index is -0.728. The Bertz CT molecular complexity index is 2190. The van der Waals surface area contributed by atoms with E-state index < -0.39 is 11.5 Å². The van der Waals surface area contributed by atoms with Crippen LogP contribution in [-0.2, 0) is 18.4 Å². The first kappa shape index (κ1) is 30.6. The summed E-state index contributed by atoms with van der Waals surface area (Å²) in [6, 6.07) is 34.0. The van der Waals surface area contributed by atoms with Crippen LogP contribution in [0.5, 0.6) is 5.75 Å². The first-order valence-electron chi connectivity index (χ1n) is 14.7. The van der Waals surface area contributed by atoms with Crippen LogP contribution >= 0.6 is 0 Å². The highest BCUT2D eigenvalue weighted by Crippen LogP contribution is 2.28. The normalized spacial score (nSPS) is 11.2. The number of hydrogen-bond acceptors (Lipinski definition) is 5. The van der Waals surface area contributed by atoms with Gasteiger partial charge >= 0.3 is 0 Å². The Balaban J connectivity index is 1.32. The number of nitrogens with zero attached hydrogens (tertiary/aromatic N) is 5. The van der Waals surface area contributed by atoms with Crippen molar-refractivity contribution in [2.24, 2.45) is 7.05 Å². The van der Waals surface area contributed by atoms with Gasteiger partial charge in [0, 0.05) is 29.9 Å². The highest BCUT2D eigenvalue weighted by Gasteiger charge is 2.21. The summed E-state index contributed by atoms with van der Waals surface area (Å²) in [7, 11) is 1.72. The maximum Gasteiger partial charge on any atom is 0.295 e. The Morgan fingerprint density at radius 3 is 2.23 bits per heavy atom. The van der Waals surface area contributed by atoms with Crippen molar-refractivity contribution >= 4 is 17.7 Å². The predicted molar refractivity (Wildman–Crippen MR) is 178 cm³/mol. The molecule has 0 aliphatic carbocycles. The van der Waals surface area contributed by atoms with Gasteiger partial charge in [0.1, 0.15) is 35.5 Å². The molecule has 2 heterocycles. The summed E-state index contributed by atoms with van der Waals surface area (Å²) in [6.45, 7) is 1.79. The summed E-state index contributed by atoms with van der Waals surface area (Å²) in [5, 5.41) is 17.5. The van der Waals surface area contributed by atoms with Crippen LogP contribution in [0.15, 0.2) is 126 Å². The summed E-state index contributed by atoms with van der Waals surface area (Å²) >= 11 is 0. The summed E-state index contributed by atoms with van der Waals surface area (Å²) in [4.78, 5) is 26.8. The third-order valence-corrected chi connectivity index (χ3v) is 7.70. The van der Waals surface area contributed by atoms with E-state index in [2.05, 4.69) is 5.32 Å². The van der Waals surface area contributed by atoms with Crippen LogP contribution < -0.4 is 15.6 Å². The molecule has 4 aromatic carbocycles. The Morgan fingerprint density at radius 2 is 1.57 bits per heavy atom. The molecule has 0 spiro atoms. The molecule has 0 fully saturated rings. The second-order valence-electron chi connectivity index (χ2n) is 10.7. The highest BCUT2D eigenvalue weighted by molar-refractivity contribution is 6.10. The van der Waals surface area contributed by atoms with E-state index in [0.717, 1.165) is 5.69 Å². The van der Waals surface area contributed by atoms with Gasteiger partial charge in [-0.05, 0) is 67.6 Å². The van der Waals surface area contributed by atoms with Crippen molar-refractivity contribution in [2.75, 3.05) is 5.32 Å². The van der Waals surface area contributed by atoms with Crippen LogP contribution in [0.25, 0.3) is 28.7 Å². The fourth-order valence-electron chi connectivity index (χ4n) is 5.11. The molecule has 0 saturated carbocycles. The number of rotatable bonds is 9. The van der Waals surface area contributed by atoms with Gasteiger partial charge in [-0.15, -0.1) is 0 Å². The maximum absolute atomic E-state index is 14.0. The van der Waals surface area contributed by atoms with Gasteiger partial charge in [0.05, 0.1) is 22.8 Å². The monoisotopic (exact) mass is 624 g/mol. The fraction of sp³-hybridized carbons (Fsp3) is 0.0811. The lowest BCUT2D eigenvalue weighted by Crippen LogP contribution is -2.23. The molecule has 10 heteroatoms. The molecule has 9 nitrogen and oxygen atoms in total. The molecule has 1 N–H and O–H groups in total. The number of carbonyl (C=O) groups is 1. The van der Waals surface area contributed by atoms with E-state index in [4.69, 9.17) is 9.84 Å². The van der Waals surface area contributed by atoms with Gasteiger partial charge in [-0.25, -0.2) is 13.8 Å². The zero-order valence-corrected chi connectivity index (χ0v) is 25.6. The molecule has 2 aromatic heterocycles. The van der Waals surface area contributed by atoms with Gasteiger partial charge in [-0.3, -0.25) is 14.3 Å². The molecule has 6 aromatic rings. The Kier molecular flexibility index (Phi) is 8.62. The molecule has 232 valence electrons. The van der Waals surface area contributed by atoms with Crippen molar-refractivity contribution < 1.29 is 13.9 Å². The van der Waals surface area contributed by atoms with Gasteiger partial charge in [-0.1, -0.05) is 54.6 Å². The van der Waals surface area contributed by atoms with Crippen LogP contribution in [0.3, 0.4) is 0 Å². The molecular formula is C37H29FN6O3. The van der Waals surface area contributed by atoms with Crippen molar-refractivity contribution in [2.45, 2.75) is 13.5 Å². The smallest absolute Gasteiger partial charge is 0.295 e. The van der Waals surface area contributed by atoms with E-state index in [1.165, 1.54) is 16.8 Å². The van der Waals surface area contributed by atoms with Crippen molar-refractivity contribution in [1.29, 1.82) is 5.26 Å². The van der Waals surface area contributed by atoms with Crippen molar-refractivity contribution in [3.05, 3.63) is 154 Å². The summed E-state index contributed by atoms with van der Waals surface area (Å²) in [5.41, 5.74) is 3.56. The van der Waals surface area contributed by atoms with Gasteiger partial charge < -0.3 is 10.1 Å². The molecular weight excluding hydrogens is 595 g/mol. The minimum Gasteiger partial charge on any atom is -0.489 e. The van der Waals surface area contributed by atoms with E-state index in [1.807, 2.05) is 54.6 Å². The highest BCUT2D eigenvalue weighted by atomic mass is 19.1. The first-order chi connectivity index (χ1) is 22.8. The first-order valence-corrected chi connectivity index (χ1v) is 14.7. The van der Waals surface area contributed by atoms with Crippen molar-refractivity contribution in [3.63, 3.8) is 0 Å². The zero-order chi connectivity index (χ0) is 32.9. The number of para-hydroxylation sites is 2. The number of aromatic nitrogens is 4. The topological polar surface area (TPSA) is 107 Å². The van der Waals surface area contributed by atoms with E-state index >= 15 is 0 Å². The fourth-order valence-corrected chi connectivity index (χ4v) is 5.11. The second kappa shape index (κ2) is 13.3. The average Bonchev–Trinajstić information content (AvgIpc) is 3.62. The van der Waals surface area contributed by atoms with E-state index in [0.29, 0.717) is 39.5 Å². The van der Waals surface area contributed by atoms with E-state index in [1.54, 1.807) is 84.1 Å². The quantitative estimate of drug-likeness (QED) is 0.144. The maximum atomic E-state index is 14.0. The standard InChI is InChI=1S/C37H29FN6O3/c1-25-34(37(46)44(42(25)2)31-14-7-4-8-15-31)40-36(45)28(22-39)21-29-23-43(30-12-5-3-6-13-30)41-35(29)26-17-19-32(20-18-26)47-24-27-11-9-10-16-33(27)38/h3-21,23H,24H2,1-2H3,(H,40,45)/b28-21+. The molecule has 1 amide bonds. The predicted octanol–water partition coefficient (Wildman–Crippen LogP) is 6.60. The lowest BCUT2D eigenvalue weighted by molar-refractivity contribution is -0.112. The number of carbonyl (C=O) groups excluding carboxylic acids is 1. The van der Waals surface area contributed by atoms with Gasteiger partial charge in [0.15, 0.2) is 0 Å². The number of amides is 1. The van der Waals surface area contributed by atoms with Crippen LogP contribution in [0.2, 0.25) is 0 Å². The molecule has 47 heavy (non-hydrogen) atoms. The van der Waals surface area contributed by atoms with E-state index in [9.17, 15) is 19.2 Å². The number of anilines is 1. The molecule has 0 saturated heterocycles. The molecule has 0 radical (unpaired) electrons. The Hall–Kier alpha value is -6.47. The van der Waals surface area contributed by atoms with Crippen LogP contribution in [0, 0.1) is 24.1 Å². The SMILES string of the molecule is Cc1c(NC(=O)/C(C#N)=C/c2cn(-c3ccccc3)nc2-c2ccc(OCc3ccccc3F)cc2)c(=O)n(-c2ccccc2)n1C.